The molecule has 3 heteroatoms. The summed E-state index contributed by atoms with van der Waals surface area (Å²) in [5.41, 5.74) is 1.29. The molecule has 3 aromatic carbocycles. The Kier molecular flexibility index (Phi) is 4.83. The third-order valence-electron chi connectivity index (χ3n) is 4.15. The zero-order valence-electron chi connectivity index (χ0n) is 14.8. The van der Waals surface area contributed by atoms with E-state index in [0.717, 1.165) is 0 Å². The smallest absolute Gasteiger partial charge is 0.306 e. The number of hydrogen-bond donors (Lipinski definition) is 0. The molecule has 0 fully saturated rings. The van der Waals surface area contributed by atoms with Gasteiger partial charge >= 0.3 is 7.37 Å². The van der Waals surface area contributed by atoms with Gasteiger partial charge in [0.05, 0.1) is 10.6 Å². The van der Waals surface area contributed by atoms with Gasteiger partial charge in [-0.05, 0) is 47.4 Å². The topological polar surface area (TPSA) is 26.3 Å². The highest BCUT2D eigenvalue weighted by atomic mass is 31.2. The second kappa shape index (κ2) is 6.90. The molecule has 0 atom stereocenters. The Morgan fingerprint density at radius 1 is 0.680 bits per heavy atom. The van der Waals surface area contributed by atoms with Crippen molar-refractivity contribution in [3.05, 3.63) is 90.5 Å². The van der Waals surface area contributed by atoms with Gasteiger partial charge in [-0.1, -0.05) is 69.3 Å². The fourth-order valence-electron chi connectivity index (χ4n) is 2.67. The first-order valence-corrected chi connectivity index (χ1v) is 10.0. The summed E-state index contributed by atoms with van der Waals surface area (Å²) >= 11 is 0. The normalized spacial score (nSPS) is 12.0. The summed E-state index contributed by atoms with van der Waals surface area (Å²) in [7, 11) is -3.20. The van der Waals surface area contributed by atoms with Gasteiger partial charge in [0.1, 0.15) is 5.75 Å². The molecule has 0 spiro atoms. The van der Waals surface area contributed by atoms with Crippen LogP contribution in [0.25, 0.3) is 0 Å². The predicted octanol–water partition coefficient (Wildman–Crippen LogP) is 5.29. The zero-order chi connectivity index (χ0) is 17.9. The van der Waals surface area contributed by atoms with E-state index in [4.69, 9.17) is 4.52 Å². The van der Waals surface area contributed by atoms with Gasteiger partial charge in [-0.3, -0.25) is 4.57 Å². The average Bonchev–Trinajstić information content (AvgIpc) is 2.63. The van der Waals surface area contributed by atoms with Gasteiger partial charge in [0, 0.05) is 0 Å². The number of hydrogen-bond acceptors (Lipinski definition) is 2. The molecule has 25 heavy (non-hydrogen) atoms. The third-order valence-corrected chi connectivity index (χ3v) is 6.57. The summed E-state index contributed by atoms with van der Waals surface area (Å²) < 4.78 is 19.9. The van der Waals surface area contributed by atoms with Crippen LogP contribution >= 0.6 is 7.37 Å². The van der Waals surface area contributed by atoms with Crippen LogP contribution in [0.1, 0.15) is 26.3 Å². The summed E-state index contributed by atoms with van der Waals surface area (Å²) in [6.45, 7) is 6.51. The Bertz CT molecular complexity index is 820. The number of rotatable bonds is 4. The molecule has 0 N–H and O–H groups in total. The molecule has 2 nitrogen and oxygen atoms in total. The molecule has 3 rings (SSSR count). The van der Waals surface area contributed by atoms with Crippen LogP contribution in [0.3, 0.4) is 0 Å². The molecule has 0 radical (unpaired) electrons. The molecular weight excluding hydrogens is 327 g/mol. The monoisotopic (exact) mass is 350 g/mol. The van der Waals surface area contributed by atoms with E-state index < -0.39 is 7.37 Å². The van der Waals surface area contributed by atoms with Gasteiger partial charge < -0.3 is 4.52 Å². The van der Waals surface area contributed by atoms with E-state index in [1.807, 2.05) is 84.9 Å². The largest absolute Gasteiger partial charge is 0.437 e. The van der Waals surface area contributed by atoms with Gasteiger partial charge in [-0.15, -0.1) is 0 Å². The molecule has 3 aromatic rings. The van der Waals surface area contributed by atoms with Crippen molar-refractivity contribution in [2.75, 3.05) is 0 Å². The first-order valence-electron chi connectivity index (χ1n) is 8.41. The minimum absolute atomic E-state index is 0.0705. The lowest BCUT2D eigenvalue weighted by atomic mass is 9.87. The quantitative estimate of drug-likeness (QED) is 0.598. The van der Waals surface area contributed by atoms with Crippen molar-refractivity contribution in [1.82, 2.24) is 0 Å². The highest BCUT2D eigenvalue weighted by Gasteiger charge is 2.30. The Balaban J connectivity index is 2.01. The summed E-state index contributed by atoms with van der Waals surface area (Å²) in [5.74, 6) is 0.615. The van der Waals surface area contributed by atoms with Crippen molar-refractivity contribution in [1.29, 1.82) is 0 Å². The lowest BCUT2D eigenvalue weighted by Gasteiger charge is -2.22. The van der Waals surface area contributed by atoms with Crippen LogP contribution in [-0.2, 0) is 9.98 Å². The van der Waals surface area contributed by atoms with Crippen LogP contribution in [0.4, 0.5) is 0 Å². The van der Waals surface area contributed by atoms with Crippen molar-refractivity contribution < 1.29 is 9.09 Å². The fraction of sp³-hybridized carbons (Fsp3) is 0.182. The Morgan fingerprint density at radius 2 is 1.12 bits per heavy atom. The highest BCUT2D eigenvalue weighted by molar-refractivity contribution is 7.74. The van der Waals surface area contributed by atoms with Crippen LogP contribution in [0.2, 0.25) is 0 Å². The van der Waals surface area contributed by atoms with Crippen molar-refractivity contribution >= 4 is 18.0 Å². The molecule has 0 saturated carbocycles. The minimum atomic E-state index is -3.20. The second-order valence-electron chi connectivity index (χ2n) is 7.09. The van der Waals surface area contributed by atoms with Crippen LogP contribution < -0.4 is 15.1 Å². The van der Waals surface area contributed by atoms with Crippen molar-refractivity contribution in [2.45, 2.75) is 26.2 Å². The molecule has 0 heterocycles. The van der Waals surface area contributed by atoms with Gasteiger partial charge in [-0.2, -0.15) is 0 Å². The van der Waals surface area contributed by atoms with Crippen LogP contribution in [0, 0.1) is 0 Å². The van der Waals surface area contributed by atoms with E-state index in [9.17, 15) is 4.57 Å². The molecule has 0 saturated heterocycles. The summed E-state index contributed by atoms with van der Waals surface area (Å²) in [6, 6.07) is 26.7. The maximum atomic E-state index is 13.8. The minimum Gasteiger partial charge on any atom is -0.437 e. The highest BCUT2D eigenvalue weighted by Crippen LogP contribution is 2.45. The van der Waals surface area contributed by atoms with Crippen LogP contribution in [0.15, 0.2) is 84.9 Å². The second-order valence-corrected chi connectivity index (χ2v) is 9.41. The first kappa shape index (κ1) is 17.5. The van der Waals surface area contributed by atoms with E-state index in [2.05, 4.69) is 20.8 Å². The lowest BCUT2D eigenvalue weighted by Crippen LogP contribution is -2.20. The average molecular weight is 350 g/mol. The lowest BCUT2D eigenvalue weighted by molar-refractivity contribution is 0.502. The third kappa shape index (κ3) is 3.86. The van der Waals surface area contributed by atoms with Crippen molar-refractivity contribution in [2.24, 2.45) is 0 Å². The molecule has 0 aliphatic carbocycles. The molecule has 128 valence electrons. The maximum absolute atomic E-state index is 13.8. The van der Waals surface area contributed by atoms with Gasteiger partial charge in [0.15, 0.2) is 0 Å². The Morgan fingerprint density at radius 3 is 1.52 bits per heavy atom. The Hall–Kier alpha value is -2.31. The van der Waals surface area contributed by atoms with Crippen LogP contribution in [0.5, 0.6) is 5.75 Å². The van der Waals surface area contributed by atoms with Gasteiger partial charge in [-0.25, -0.2) is 0 Å². The summed E-state index contributed by atoms with van der Waals surface area (Å²) in [6.07, 6.45) is 0. The standard InChI is InChI=1S/C22H23O2P/c1-22(2,3)18-14-16-19(17-15-18)24-25(23,20-10-6-4-7-11-20)21-12-8-5-9-13-21/h4-17H,1-3H3. The Labute approximate surface area is 149 Å². The molecular formula is C22H23O2P. The summed E-state index contributed by atoms with van der Waals surface area (Å²) in [4.78, 5) is 0. The molecule has 0 aliphatic heterocycles. The van der Waals surface area contributed by atoms with Gasteiger partial charge in [0.25, 0.3) is 0 Å². The summed E-state index contributed by atoms with van der Waals surface area (Å²) in [5, 5.41) is 1.39. The van der Waals surface area contributed by atoms with E-state index >= 15 is 0 Å². The molecule has 0 aliphatic rings. The van der Waals surface area contributed by atoms with Gasteiger partial charge in [0.2, 0.25) is 0 Å². The van der Waals surface area contributed by atoms with E-state index in [1.54, 1.807) is 0 Å². The molecule has 0 bridgehead atoms. The SMILES string of the molecule is CC(C)(C)c1ccc(OP(=O)(c2ccccc2)c2ccccc2)cc1. The van der Waals surface area contributed by atoms with Crippen molar-refractivity contribution in [3.8, 4) is 5.75 Å². The fourth-order valence-corrected chi connectivity index (χ4v) is 4.72. The van der Waals surface area contributed by atoms with E-state index in [-0.39, 0.29) is 5.41 Å². The molecule has 0 aromatic heterocycles. The van der Waals surface area contributed by atoms with E-state index in [0.29, 0.717) is 16.4 Å². The number of benzene rings is 3. The molecule has 0 unspecified atom stereocenters. The van der Waals surface area contributed by atoms with Crippen molar-refractivity contribution in [3.63, 3.8) is 0 Å². The molecule has 0 amide bonds. The predicted molar refractivity (Wildman–Crippen MR) is 106 cm³/mol. The first-order chi connectivity index (χ1) is 11.9. The van der Waals surface area contributed by atoms with E-state index in [1.165, 1.54) is 5.56 Å². The van der Waals surface area contributed by atoms with Crippen LogP contribution in [-0.4, -0.2) is 0 Å². The maximum Gasteiger partial charge on any atom is 0.306 e. The zero-order valence-corrected chi connectivity index (χ0v) is 15.7.